The molecule has 0 amide bonds. The van der Waals surface area contributed by atoms with Crippen LogP contribution in [0.5, 0.6) is 11.8 Å². The Morgan fingerprint density at radius 2 is 0.781 bits per heavy atom. The molecule has 64 heavy (non-hydrogen) atoms. The van der Waals surface area contributed by atoms with Gasteiger partial charge < -0.3 is 39.4 Å². The van der Waals surface area contributed by atoms with Crippen molar-refractivity contribution in [3.63, 3.8) is 0 Å². The first kappa shape index (κ1) is 45.1. The van der Waals surface area contributed by atoms with Gasteiger partial charge in [0.2, 0.25) is 0 Å². The molecule has 12 aromatic rings. The molecule has 316 valence electrons. The Morgan fingerprint density at radius 3 is 1.19 bits per heavy atom. The largest absolute Gasteiger partial charge is 2.00 e. The summed E-state index contributed by atoms with van der Waals surface area (Å²) in [5.41, 5.74) is 7.53. The van der Waals surface area contributed by atoms with Gasteiger partial charge in [-0.1, -0.05) is 109 Å². The molecule has 0 atom stereocenters. The van der Waals surface area contributed by atoms with Gasteiger partial charge in [-0.3, -0.25) is 0 Å². The third-order valence-electron chi connectivity index (χ3n) is 10.2. The first-order valence-electron chi connectivity index (χ1n) is 20.0. The predicted molar refractivity (Wildman–Crippen MR) is 250 cm³/mol. The molecule has 6 aromatic heterocycles. The number of benzene rings is 6. The third kappa shape index (κ3) is 9.95. The van der Waals surface area contributed by atoms with Crippen LogP contribution in [0.2, 0.25) is 0 Å². The maximum atomic E-state index is 5.07. The molecule has 10 heteroatoms. The van der Waals surface area contributed by atoms with E-state index in [-0.39, 0.29) is 42.1 Å². The maximum absolute atomic E-state index is 5.07. The van der Waals surface area contributed by atoms with Crippen molar-refractivity contribution in [1.82, 2.24) is 29.9 Å². The number of ether oxygens (including phenoxy) is 2. The van der Waals surface area contributed by atoms with E-state index in [2.05, 4.69) is 78.4 Å². The molecule has 0 unspecified atom stereocenters. The fourth-order valence-electron chi connectivity index (χ4n) is 7.26. The third-order valence-corrected chi connectivity index (χ3v) is 10.2. The van der Waals surface area contributed by atoms with Gasteiger partial charge in [-0.15, -0.1) is 71.8 Å². The normalized spacial score (nSPS) is 10.4. The summed E-state index contributed by atoms with van der Waals surface area (Å²) >= 11 is 0. The molecule has 0 aliphatic carbocycles. The van der Waals surface area contributed by atoms with Crippen LogP contribution < -0.4 is 19.4 Å². The molecule has 8 nitrogen and oxygen atoms in total. The first-order valence-corrected chi connectivity index (χ1v) is 20.0. The Labute approximate surface area is 399 Å². The molecular formula is C54H38N6O2Pt2. The monoisotopic (exact) mass is 1190 g/mol. The predicted octanol–water partition coefficient (Wildman–Crippen LogP) is 12.1. The van der Waals surface area contributed by atoms with E-state index in [9.17, 15) is 0 Å². The van der Waals surface area contributed by atoms with Crippen LogP contribution in [0.3, 0.4) is 0 Å². The average Bonchev–Trinajstić information content (AvgIpc) is 3.92. The van der Waals surface area contributed by atoms with Crippen LogP contribution in [-0.2, 0) is 42.1 Å². The summed E-state index contributed by atoms with van der Waals surface area (Å²) < 4.78 is 10.1. The molecule has 0 saturated carbocycles. The first-order chi connectivity index (χ1) is 30.7. The van der Waals surface area contributed by atoms with Gasteiger partial charge in [0, 0.05) is 12.4 Å². The zero-order chi connectivity index (χ0) is 42.1. The molecule has 0 spiro atoms. The van der Waals surface area contributed by atoms with Gasteiger partial charge in [-0.05, 0) is 101 Å². The quantitative estimate of drug-likeness (QED) is 0.161. The smallest absolute Gasteiger partial charge is 0.500 e. The SMILES string of the molecule is COc1ccc2c(n1)[n-]c1ccccc12.COc1ccc2c(n1)[n-]c1ccccc12.[Pt+2].[Pt+2].[c-]1ccccc1-c1nccc2ccccc12.[c-]1ccccc1-c1nccc2ccccc12. The molecule has 12 rings (SSSR count). The summed E-state index contributed by atoms with van der Waals surface area (Å²) in [5.74, 6) is 1.20. The number of pyridine rings is 4. The van der Waals surface area contributed by atoms with Gasteiger partial charge in [-0.2, -0.15) is 0 Å². The molecule has 0 bridgehead atoms. The Balaban J connectivity index is 0.000000126. The molecule has 0 aliphatic rings. The van der Waals surface area contributed by atoms with Crippen LogP contribution >= 0.6 is 0 Å². The van der Waals surface area contributed by atoms with E-state index in [1.165, 1.54) is 21.5 Å². The van der Waals surface area contributed by atoms with Gasteiger partial charge in [0.05, 0.1) is 14.2 Å². The molecule has 0 radical (unpaired) electrons. The van der Waals surface area contributed by atoms with Crippen molar-refractivity contribution in [2.45, 2.75) is 0 Å². The molecule has 6 heterocycles. The standard InChI is InChI=1S/2C15H10N.2C12H9N2O.2Pt/c2*1-2-7-13(8-3-1)15-14-9-5-4-6-12(14)10-11-16-15;2*1-15-11-7-6-9-8-4-2-3-5-10(8)13-12(9)14-11;;/h2*1-7,9-11H;2*2-7H,1H3;;/q4*-1;2*+2. The summed E-state index contributed by atoms with van der Waals surface area (Å²) in [6, 6.07) is 66.7. The zero-order valence-corrected chi connectivity index (χ0v) is 39.2. The van der Waals surface area contributed by atoms with E-state index in [0.717, 1.165) is 66.4 Å². The number of para-hydroxylation sites is 2. The summed E-state index contributed by atoms with van der Waals surface area (Å²) in [7, 11) is 3.22. The van der Waals surface area contributed by atoms with Crippen molar-refractivity contribution < 1.29 is 51.6 Å². The number of rotatable bonds is 4. The number of fused-ring (bicyclic) bond motifs is 8. The van der Waals surface area contributed by atoms with Crippen LogP contribution in [0.15, 0.2) is 194 Å². The fourth-order valence-corrected chi connectivity index (χ4v) is 7.26. The van der Waals surface area contributed by atoms with Gasteiger partial charge in [0.15, 0.2) is 0 Å². The Hall–Kier alpha value is -6.98. The van der Waals surface area contributed by atoms with Gasteiger partial charge in [-0.25, -0.2) is 0 Å². The van der Waals surface area contributed by atoms with Crippen LogP contribution in [0.1, 0.15) is 0 Å². The van der Waals surface area contributed by atoms with E-state index in [1.54, 1.807) is 14.2 Å². The molecule has 0 aliphatic heterocycles. The van der Waals surface area contributed by atoms with Crippen molar-refractivity contribution in [2.75, 3.05) is 14.2 Å². The maximum Gasteiger partial charge on any atom is 2.00 e. The second kappa shape index (κ2) is 21.4. The zero-order valence-electron chi connectivity index (χ0n) is 34.6. The topological polar surface area (TPSA) is 98.2 Å². The summed E-state index contributed by atoms with van der Waals surface area (Å²) in [5, 5.41) is 9.21. The number of methoxy groups -OCH3 is 2. The van der Waals surface area contributed by atoms with Crippen molar-refractivity contribution in [1.29, 1.82) is 0 Å². The minimum Gasteiger partial charge on any atom is -0.500 e. The van der Waals surface area contributed by atoms with Gasteiger partial charge in [0.25, 0.3) is 0 Å². The number of aromatic nitrogens is 6. The van der Waals surface area contributed by atoms with Crippen molar-refractivity contribution in [3.05, 3.63) is 207 Å². The average molecular weight is 1190 g/mol. The summed E-state index contributed by atoms with van der Waals surface area (Å²) in [6.45, 7) is 0. The van der Waals surface area contributed by atoms with E-state index in [4.69, 9.17) is 9.47 Å². The van der Waals surface area contributed by atoms with Crippen LogP contribution in [0.25, 0.3) is 87.9 Å². The van der Waals surface area contributed by atoms with Gasteiger partial charge >= 0.3 is 42.1 Å². The summed E-state index contributed by atoms with van der Waals surface area (Å²) in [6.07, 6.45) is 3.69. The van der Waals surface area contributed by atoms with E-state index >= 15 is 0 Å². The van der Waals surface area contributed by atoms with Crippen molar-refractivity contribution in [2.24, 2.45) is 0 Å². The van der Waals surface area contributed by atoms with Gasteiger partial charge in [0.1, 0.15) is 11.8 Å². The minimum atomic E-state index is 0. The molecule has 0 saturated heterocycles. The van der Waals surface area contributed by atoms with Crippen molar-refractivity contribution >= 4 is 65.4 Å². The molecular weight excluding hydrogens is 1150 g/mol. The molecule has 0 N–H and O–H groups in total. The van der Waals surface area contributed by atoms with Crippen LogP contribution in [0, 0.1) is 12.1 Å². The molecule has 6 aromatic carbocycles. The Morgan fingerprint density at radius 1 is 0.391 bits per heavy atom. The second-order valence-electron chi connectivity index (χ2n) is 14.0. The van der Waals surface area contributed by atoms with Crippen LogP contribution in [0.4, 0.5) is 0 Å². The Bertz CT molecular complexity index is 3170. The van der Waals surface area contributed by atoms with E-state index in [0.29, 0.717) is 11.8 Å². The number of hydrogen-bond donors (Lipinski definition) is 0. The van der Waals surface area contributed by atoms with E-state index < -0.39 is 0 Å². The Kier molecular flexibility index (Phi) is 15.1. The summed E-state index contributed by atoms with van der Waals surface area (Å²) in [4.78, 5) is 26.4. The molecule has 0 fully saturated rings. The minimum absolute atomic E-state index is 0. The van der Waals surface area contributed by atoms with Crippen molar-refractivity contribution in [3.8, 4) is 34.3 Å². The number of hydrogen-bond acceptors (Lipinski definition) is 6. The number of nitrogens with zero attached hydrogens (tertiary/aromatic N) is 6. The fraction of sp³-hybridized carbons (Fsp3) is 0.0370. The second-order valence-corrected chi connectivity index (χ2v) is 14.0. The van der Waals surface area contributed by atoms with Crippen LogP contribution in [-0.4, -0.2) is 34.2 Å². The van der Waals surface area contributed by atoms with E-state index in [1.807, 2.05) is 158 Å².